The van der Waals surface area contributed by atoms with Crippen molar-refractivity contribution in [1.82, 2.24) is 10.2 Å². The van der Waals surface area contributed by atoms with Gasteiger partial charge in [-0.1, -0.05) is 18.2 Å². The van der Waals surface area contributed by atoms with Crippen molar-refractivity contribution < 1.29 is 22.0 Å². The van der Waals surface area contributed by atoms with Crippen molar-refractivity contribution in [3.8, 4) is 0 Å². The molecule has 1 amide bonds. The molecule has 0 unspecified atom stereocenters. The van der Waals surface area contributed by atoms with Gasteiger partial charge in [-0.3, -0.25) is 4.79 Å². The van der Waals surface area contributed by atoms with Gasteiger partial charge in [0.2, 0.25) is 5.91 Å². The van der Waals surface area contributed by atoms with Crippen LogP contribution in [0.2, 0.25) is 0 Å². The van der Waals surface area contributed by atoms with Crippen LogP contribution in [0.5, 0.6) is 0 Å². The Balaban J connectivity index is 1.71. The number of fused-ring (bicyclic) bond motifs is 1. The summed E-state index contributed by atoms with van der Waals surface area (Å²) in [7, 11) is -2.24. The summed E-state index contributed by atoms with van der Waals surface area (Å²) in [5.41, 5.74) is 0.573. The van der Waals surface area contributed by atoms with E-state index in [4.69, 9.17) is 0 Å². The lowest BCUT2D eigenvalue weighted by molar-refractivity contribution is -0.121. The lowest BCUT2D eigenvalue weighted by Crippen LogP contribution is -2.39. The Morgan fingerprint density at radius 3 is 2.63 bits per heavy atom. The third kappa shape index (κ3) is 3.82. The molecule has 0 aliphatic carbocycles. The van der Waals surface area contributed by atoms with Gasteiger partial charge in [-0.15, -0.1) is 4.40 Å². The van der Waals surface area contributed by atoms with Gasteiger partial charge in [-0.05, 0) is 25.1 Å². The second-order valence-electron chi connectivity index (χ2n) is 6.20. The third-order valence-electron chi connectivity index (χ3n) is 4.16. The van der Waals surface area contributed by atoms with Gasteiger partial charge in [-0.25, -0.2) is 8.78 Å². The number of nitrogens with zero attached hydrogens (tertiary/aromatic N) is 2. The molecule has 0 saturated heterocycles. The van der Waals surface area contributed by atoms with E-state index in [1.54, 1.807) is 32.2 Å². The molecule has 1 aliphatic heterocycles. The molecule has 0 spiro atoms. The maximum atomic E-state index is 13.8. The first-order valence-corrected chi connectivity index (χ1v) is 9.53. The van der Waals surface area contributed by atoms with Gasteiger partial charge < -0.3 is 10.2 Å². The quantitative estimate of drug-likeness (QED) is 0.864. The van der Waals surface area contributed by atoms with Crippen LogP contribution in [0.4, 0.5) is 8.78 Å². The van der Waals surface area contributed by atoms with Crippen molar-refractivity contribution in [2.45, 2.75) is 17.9 Å². The zero-order valence-electron chi connectivity index (χ0n) is 14.6. The summed E-state index contributed by atoms with van der Waals surface area (Å²) in [5, 5.41) is 2.61. The number of amidine groups is 1. The van der Waals surface area contributed by atoms with Crippen molar-refractivity contribution in [3.05, 3.63) is 65.2 Å². The predicted octanol–water partition coefficient (Wildman–Crippen LogP) is 2.22. The van der Waals surface area contributed by atoms with Crippen molar-refractivity contribution >= 4 is 21.8 Å². The maximum absolute atomic E-state index is 13.8. The highest BCUT2D eigenvalue weighted by atomic mass is 32.2. The molecule has 0 aromatic heterocycles. The topological polar surface area (TPSA) is 78.8 Å². The molecular formula is C18H17F2N3O3S. The van der Waals surface area contributed by atoms with E-state index in [1.165, 1.54) is 17.0 Å². The largest absolute Gasteiger partial charge is 0.349 e. The second-order valence-corrected chi connectivity index (χ2v) is 7.77. The summed E-state index contributed by atoms with van der Waals surface area (Å²) in [6, 6.07) is 8.79. The number of carbonyl (C=O) groups is 1. The molecule has 9 heteroatoms. The zero-order chi connectivity index (χ0) is 19.8. The van der Waals surface area contributed by atoms with Gasteiger partial charge in [0.05, 0.1) is 12.6 Å². The molecule has 2 aromatic carbocycles. The minimum atomic E-state index is -3.78. The van der Waals surface area contributed by atoms with Crippen LogP contribution in [0.25, 0.3) is 0 Å². The molecule has 0 fully saturated rings. The number of hydrogen-bond donors (Lipinski definition) is 1. The predicted molar refractivity (Wildman–Crippen MR) is 95.7 cm³/mol. The van der Waals surface area contributed by atoms with Crippen molar-refractivity contribution in [3.63, 3.8) is 0 Å². The third-order valence-corrected chi connectivity index (χ3v) is 5.49. The average Bonchev–Trinajstić information content (AvgIpc) is 2.86. The van der Waals surface area contributed by atoms with Crippen LogP contribution in [0, 0.1) is 11.6 Å². The van der Waals surface area contributed by atoms with E-state index in [-0.39, 0.29) is 22.8 Å². The number of sulfonamides is 1. The molecule has 6 nitrogen and oxygen atoms in total. The van der Waals surface area contributed by atoms with Crippen LogP contribution in [-0.2, 0) is 14.8 Å². The minimum absolute atomic E-state index is 0.0917. The van der Waals surface area contributed by atoms with Gasteiger partial charge in [0, 0.05) is 24.2 Å². The van der Waals surface area contributed by atoms with E-state index in [9.17, 15) is 22.0 Å². The highest BCUT2D eigenvalue weighted by molar-refractivity contribution is 7.90. The number of hydrogen-bond acceptors (Lipinski definition) is 4. The van der Waals surface area contributed by atoms with E-state index < -0.39 is 33.6 Å². The van der Waals surface area contributed by atoms with E-state index in [2.05, 4.69) is 9.71 Å². The summed E-state index contributed by atoms with van der Waals surface area (Å²) >= 11 is 0. The molecule has 0 saturated carbocycles. The summed E-state index contributed by atoms with van der Waals surface area (Å²) in [5.74, 6) is -1.75. The van der Waals surface area contributed by atoms with Crippen LogP contribution in [-0.4, -0.2) is 38.7 Å². The molecule has 142 valence electrons. The smallest absolute Gasteiger partial charge is 0.285 e. The SMILES string of the molecule is C[C@@H](NC(=O)CN(C)C1=NS(=O)(=O)c2ccccc21)c1ccc(F)cc1F. The summed E-state index contributed by atoms with van der Waals surface area (Å²) in [6.07, 6.45) is 0. The molecule has 3 rings (SSSR count). The van der Waals surface area contributed by atoms with Crippen molar-refractivity contribution in [1.29, 1.82) is 0 Å². The molecular weight excluding hydrogens is 376 g/mol. The number of likely N-dealkylation sites (N-methyl/N-ethyl adjacent to an activating group) is 1. The van der Waals surface area contributed by atoms with Crippen LogP contribution in [0.1, 0.15) is 24.1 Å². The highest BCUT2D eigenvalue weighted by Gasteiger charge is 2.31. The normalized spacial score (nSPS) is 15.6. The molecule has 2 aromatic rings. The fourth-order valence-corrected chi connectivity index (χ4v) is 4.12. The molecule has 27 heavy (non-hydrogen) atoms. The van der Waals surface area contributed by atoms with Gasteiger partial charge in [0.1, 0.15) is 16.5 Å². The Morgan fingerprint density at radius 2 is 1.93 bits per heavy atom. The van der Waals surface area contributed by atoms with Crippen LogP contribution in [0.15, 0.2) is 51.8 Å². The van der Waals surface area contributed by atoms with Gasteiger partial charge >= 0.3 is 0 Å². The maximum Gasteiger partial charge on any atom is 0.285 e. The molecule has 1 N–H and O–H groups in total. The first kappa shape index (κ1) is 19.0. The van der Waals surface area contributed by atoms with E-state index in [1.807, 2.05) is 0 Å². The summed E-state index contributed by atoms with van der Waals surface area (Å²) in [4.78, 5) is 13.8. The highest BCUT2D eigenvalue weighted by Crippen LogP contribution is 2.26. The first-order chi connectivity index (χ1) is 12.7. The number of carbonyl (C=O) groups excluding carboxylic acids is 1. The number of halogens is 2. The number of nitrogens with one attached hydrogen (secondary N) is 1. The van der Waals surface area contributed by atoms with Gasteiger partial charge in [-0.2, -0.15) is 8.42 Å². The molecule has 1 atom stereocenters. The second kappa shape index (κ2) is 7.07. The lowest BCUT2D eigenvalue weighted by Gasteiger charge is -2.21. The number of amides is 1. The molecule has 0 radical (unpaired) electrons. The Morgan fingerprint density at radius 1 is 1.22 bits per heavy atom. The zero-order valence-corrected chi connectivity index (χ0v) is 15.4. The lowest BCUT2D eigenvalue weighted by atomic mass is 10.1. The van der Waals surface area contributed by atoms with Crippen LogP contribution in [0.3, 0.4) is 0 Å². The van der Waals surface area contributed by atoms with Gasteiger partial charge in [0.25, 0.3) is 10.0 Å². The van der Waals surface area contributed by atoms with Gasteiger partial charge in [0.15, 0.2) is 5.84 Å². The van der Waals surface area contributed by atoms with Crippen molar-refractivity contribution in [2.75, 3.05) is 13.6 Å². The summed E-state index contributed by atoms with van der Waals surface area (Å²) < 4.78 is 54.8. The Labute approximate surface area is 155 Å². The Kier molecular flexibility index (Phi) is 4.97. The molecule has 0 bridgehead atoms. The van der Waals surface area contributed by atoms with Crippen LogP contribution >= 0.6 is 0 Å². The summed E-state index contributed by atoms with van der Waals surface area (Å²) in [6.45, 7) is 1.39. The number of rotatable bonds is 4. The van der Waals surface area contributed by atoms with Crippen molar-refractivity contribution in [2.24, 2.45) is 4.40 Å². The fourth-order valence-electron chi connectivity index (χ4n) is 2.87. The average molecular weight is 393 g/mol. The number of benzene rings is 2. The van der Waals surface area contributed by atoms with E-state index in [0.717, 1.165) is 12.1 Å². The van der Waals surface area contributed by atoms with Crippen LogP contribution < -0.4 is 5.32 Å². The minimum Gasteiger partial charge on any atom is -0.349 e. The van der Waals surface area contributed by atoms with E-state index >= 15 is 0 Å². The fraction of sp³-hybridized carbons (Fsp3) is 0.222. The standard InChI is InChI=1S/C18H17F2N3O3S/c1-11(13-8-7-12(19)9-15(13)20)21-17(24)10-23(2)18-14-5-3-4-6-16(14)27(25,26)22-18/h3-9,11H,10H2,1-2H3,(H,21,24)/t11-/m1/s1. The first-order valence-electron chi connectivity index (χ1n) is 8.09. The van der Waals surface area contributed by atoms with E-state index in [0.29, 0.717) is 5.56 Å². The molecule has 1 aliphatic rings. The Bertz CT molecular complexity index is 1040. The monoisotopic (exact) mass is 393 g/mol. The molecule has 1 heterocycles. The Hall–Kier alpha value is -2.81.